The Hall–Kier alpha value is -1.35. The molecule has 2 nitrogen and oxygen atoms in total. The Bertz CT molecular complexity index is 459. The van der Waals surface area contributed by atoms with Gasteiger partial charge in [-0.05, 0) is 29.7 Å². The van der Waals surface area contributed by atoms with Crippen LogP contribution in [-0.4, -0.2) is 13.4 Å². The molecule has 3 heteroatoms. The number of fused-ring (bicyclic) bond motifs is 1. The molecule has 0 amide bonds. The fraction of sp³-hybridized carbons (Fsp3) is 0.182. The molecule has 0 aliphatic rings. The zero-order chi connectivity index (χ0) is 9.97. The van der Waals surface area contributed by atoms with E-state index >= 15 is 0 Å². The third-order valence-electron chi connectivity index (χ3n) is 2.06. The van der Waals surface area contributed by atoms with Gasteiger partial charge < -0.3 is 9.53 Å². The van der Waals surface area contributed by atoms with Crippen molar-refractivity contribution in [3.05, 3.63) is 29.1 Å². The molecule has 0 aliphatic carbocycles. The van der Waals surface area contributed by atoms with Crippen LogP contribution in [0.15, 0.2) is 24.3 Å². The second kappa shape index (κ2) is 3.80. The average Bonchev–Trinajstić information content (AvgIpc) is 2.59. The summed E-state index contributed by atoms with van der Waals surface area (Å²) in [6, 6.07) is 7.98. The van der Waals surface area contributed by atoms with Gasteiger partial charge in [-0.3, -0.25) is 0 Å². The van der Waals surface area contributed by atoms with Crippen molar-refractivity contribution < 1.29 is 9.53 Å². The van der Waals surface area contributed by atoms with E-state index in [1.165, 1.54) is 4.70 Å². The van der Waals surface area contributed by atoms with Crippen LogP contribution in [-0.2, 0) is 11.2 Å². The first kappa shape index (κ1) is 9.21. The SMILES string of the molecule is COc1ccc2sc(CC=O)cc2c1. The number of rotatable bonds is 3. The van der Waals surface area contributed by atoms with Gasteiger partial charge in [-0.15, -0.1) is 11.3 Å². The van der Waals surface area contributed by atoms with Crippen LogP contribution in [0.4, 0.5) is 0 Å². The highest BCUT2D eigenvalue weighted by Crippen LogP contribution is 2.28. The van der Waals surface area contributed by atoms with Crippen molar-refractivity contribution in [2.75, 3.05) is 7.11 Å². The predicted octanol–water partition coefficient (Wildman–Crippen LogP) is 2.65. The molecule has 2 rings (SSSR count). The summed E-state index contributed by atoms with van der Waals surface area (Å²) in [6.45, 7) is 0. The Morgan fingerprint density at radius 2 is 2.29 bits per heavy atom. The summed E-state index contributed by atoms with van der Waals surface area (Å²) in [7, 11) is 1.65. The van der Waals surface area contributed by atoms with Crippen molar-refractivity contribution in [3.63, 3.8) is 0 Å². The maximum absolute atomic E-state index is 10.4. The molecule has 0 radical (unpaired) electrons. The number of hydrogen-bond donors (Lipinski definition) is 0. The molecule has 0 aliphatic heterocycles. The first-order chi connectivity index (χ1) is 6.83. The second-order valence-corrected chi connectivity index (χ2v) is 4.16. The first-order valence-corrected chi connectivity index (χ1v) is 5.15. The summed E-state index contributed by atoms with van der Waals surface area (Å²) >= 11 is 1.65. The van der Waals surface area contributed by atoms with Crippen molar-refractivity contribution in [1.29, 1.82) is 0 Å². The Morgan fingerprint density at radius 3 is 3.00 bits per heavy atom. The van der Waals surface area contributed by atoms with Crippen molar-refractivity contribution in [2.45, 2.75) is 6.42 Å². The molecule has 2 aromatic rings. The molecule has 0 bridgehead atoms. The van der Waals surface area contributed by atoms with Gasteiger partial charge >= 0.3 is 0 Å². The maximum atomic E-state index is 10.4. The quantitative estimate of drug-likeness (QED) is 0.722. The van der Waals surface area contributed by atoms with E-state index < -0.39 is 0 Å². The number of methoxy groups -OCH3 is 1. The number of benzene rings is 1. The van der Waals surface area contributed by atoms with Crippen LogP contribution in [0.2, 0.25) is 0 Å². The highest BCUT2D eigenvalue weighted by atomic mass is 32.1. The van der Waals surface area contributed by atoms with E-state index in [4.69, 9.17) is 4.74 Å². The second-order valence-electron chi connectivity index (χ2n) is 2.99. The zero-order valence-electron chi connectivity index (χ0n) is 7.82. The standard InChI is InChI=1S/C11H10O2S/c1-13-9-2-3-11-8(6-9)7-10(14-11)4-5-12/h2-3,5-7H,4H2,1H3. The van der Waals surface area contributed by atoms with Crippen LogP contribution in [0.3, 0.4) is 0 Å². The molecule has 0 saturated heterocycles. The molecule has 1 aromatic heterocycles. The third-order valence-corrected chi connectivity index (χ3v) is 3.20. The van der Waals surface area contributed by atoms with Crippen LogP contribution in [0.1, 0.15) is 4.88 Å². The Labute approximate surface area is 86.1 Å². The molecule has 0 unspecified atom stereocenters. The van der Waals surface area contributed by atoms with E-state index in [1.54, 1.807) is 18.4 Å². The lowest BCUT2D eigenvalue weighted by atomic mass is 10.2. The molecule has 0 N–H and O–H groups in total. The van der Waals surface area contributed by atoms with E-state index in [0.29, 0.717) is 6.42 Å². The topological polar surface area (TPSA) is 26.3 Å². The fourth-order valence-corrected chi connectivity index (χ4v) is 2.38. The van der Waals surface area contributed by atoms with Crippen LogP contribution >= 0.6 is 11.3 Å². The summed E-state index contributed by atoms with van der Waals surface area (Å²) in [5, 5.41) is 1.14. The van der Waals surface area contributed by atoms with Gasteiger partial charge in [0.25, 0.3) is 0 Å². The zero-order valence-corrected chi connectivity index (χ0v) is 8.64. The summed E-state index contributed by atoms with van der Waals surface area (Å²) in [4.78, 5) is 11.5. The molecular formula is C11H10O2S. The predicted molar refractivity (Wildman–Crippen MR) is 58.1 cm³/mol. The molecule has 1 aromatic carbocycles. The summed E-state index contributed by atoms with van der Waals surface area (Å²) < 4.78 is 6.32. The van der Waals surface area contributed by atoms with Gasteiger partial charge in [0.15, 0.2) is 0 Å². The van der Waals surface area contributed by atoms with Crippen molar-refractivity contribution in [2.24, 2.45) is 0 Å². The Morgan fingerprint density at radius 1 is 1.43 bits per heavy atom. The number of aldehydes is 1. The van der Waals surface area contributed by atoms with Gasteiger partial charge in [-0.25, -0.2) is 0 Å². The molecule has 0 atom stereocenters. The summed E-state index contributed by atoms with van der Waals surface area (Å²) in [5.41, 5.74) is 0. The van der Waals surface area contributed by atoms with Gasteiger partial charge in [0, 0.05) is 16.0 Å². The van der Waals surface area contributed by atoms with Gasteiger partial charge in [-0.1, -0.05) is 0 Å². The molecule has 14 heavy (non-hydrogen) atoms. The third kappa shape index (κ3) is 1.63. The molecule has 0 saturated carbocycles. The molecule has 72 valence electrons. The lowest BCUT2D eigenvalue weighted by Gasteiger charge is -1.97. The number of hydrogen-bond acceptors (Lipinski definition) is 3. The number of thiophene rings is 1. The minimum atomic E-state index is 0.502. The first-order valence-electron chi connectivity index (χ1n) is 4.33. The van der Waals surface area contributed by atoms with Gasteiger partial charge in [0.05, 0.1) is 7.11 Å². The van der Waals surface area contributed by atoms with E-state index in [9.17, 15) is 4.79 Å². The fourth-order valence-electron chi connectivity index (χ4n) is 1.39. The smallest absolute Gasteiger partial charge is 0.125 e. The summed E-state index contributed by atoms with van der Waals surface area (Å²) in [6.07, 6.45) is 1.43. The number of ether oxygens (including phenoxy) is 1. The van der Waals surface area contributed by atoms with Crippen molar-refractivity contribution in [1.82, 2.24) is 0 Å². The minimum absolute atomic E-state index is 0.502. The lowest BCUT2D eigenvalue weighted by molar-refractivity contribution is -0.107. The van der Waals surface area contributed by atoms with Crippen LogP contribution < -0.4 is 4.74 Å². The van der Waals surface area contributed by atoms with E-state index in [2.05, 4.69) is 0 Å². The monoisotopic (exact) mass is 206 g/mol. The van der Waals surface area contributed by atoms with Crippen molar-refractivity contribution in [3.8, 4) is 5.75 Å². The molecule has 0 fully saturated rings. The van der Waals surface area contributed by atoms with Crippen molar-refractivity contribution >= 4 is 27.7 Å². The van der Waals surface area contributed by atoms with Gasteiger partial charge in [0.1, 0.15) is 12.0 Å². The Balaban J connectivity index is 2.48. The molecular weight excluding hydrogens is 196 g/mol. The van der Waals surface area contributed by atoms with Crippen LogP contribution in [0.25, 0.3) is 10.1 Å². The highest BCUT2D eigenvalue weighted by Gasteiger charge is 2.02. The number of carbonyl (C=O) groups is 1. The number of carbonyl (C=O) groups excluding carboxylic acids is 1. The molecule has 1 heterocycles. The normalized spacial score (nSPS) is 10.4. The summed E-state index contributed by atoms with van der Waals surface area (Å²) in [5.74, 6) is 0.855. The van der Waals surface area contributed by atoms with E-state index in [1.807, 2.05) is 24.3 Å². The van der Waals surface area contributed by atoms with E-state index in [-0.39, 0.29) is 0 Å². The minimum Gasteiger partial charge on any atom is -0.497 e. The van der Waals surface area contributed by atoms with Gasteiger partial charge in [-0.2, -0.15) is 0 Å². The Kier molecular flexibility index (Phi) is 2.50. The lowest BCUT2D eigenvalue weighted by Crippen LogP contribution is -1.80. The van der Waals surface area contributed by atoms with Gasteiger partial charge in [0.2, 0.25) is 0 Å². The van der Waals surface area contributed by atoms with E-state index in [0.717, 1.165) is 22.3 Å². The highest BCUT2D eigenvalue weighted by molar-refractivity contribution is 7.19. The largest absolute Gasteiger partial charge is 0.497 e. The average molecular weight is 206 g/mol. The van der Waals surface area contributed by atoms with Crippen LogP contribution in [0, 0.1) is 0 Å². The van der Waals surface area contributed by atoms with Crippen LogP contribution in [0.5, 0.6) is 5.75 Å². The maximum Gasteiger partial charge on any atom is 0.125 e. The molecule has 0 spiro atoms.